The van der Waals surface area contributed by atoms with Crippen LogP contribution in [0.25, 0.3) is 0 Å². The van der Waals surface area contributed by atoms with Crippen LogP contribution in [0.5, 0.6) is 0 Å². The van der Waals surface area contributed by atoms with Gasteiger partial charge in [0.15, 0.2) is 5.78 Å². The highest BCUT2D eigenvalue weighted by atomic mass is 35.5. The Morgan fingerprint density at radius 1 is 1.22 bits per heavy atom. The van der Waals surface area contributed by atoms with Gasteiger partial charge in [-0.2, -0.15) is 0 Å². The Morgan fingerprint density at radius 2 is 1.78 bits per heavy atom. The van der Waals surface area contributed by atoms with Crippen LogP contribution in [0.3, 0.4) is 0 Å². The van der Waals surface area contributed by atoms with Gasteiger partial charge in [-0.05, 0) is 39.1 Å². The Kier molecular flexibility index (Phi) is 5.20. The third kappa shape index (κ3) is 2.56. The third-order valence-corrected chi connectivity index (χ3v) is 4.46. The van der Waals surface area contributed by atoms with E-state index in [1.807, 2.05) is 32.8 Å². The van der Waals surface area contributed by atoms with Gasteiger partial charge in [0, 0.05) is 5.56 Å². The Bertz CT molecular complexity index is 439. The van der Waals surface area contributed by atoms with Gasteiger partial charge in [0.2, 0.25) is 0 Å². The van der Waals surface area contributed by atoms with Crippen molar-refractivity contribution in [1.82, 2.24) is 4.90 Å². The van der Waals surface area contributed by atoms with Crippen LogP contribution in [0.2, 0.25) is 10.0 Å². The molecule has 0 bridgehead atoms. The Balaban J connectivity index is 3.31. The number of carbonyl (C=O) groups excluding carboxylic acids is 1. The fraction of sp³-hybridized carbons (Fsp3) is 0.500. The first-order chi connectivity index (χ1) is 8.40. The van der Waals surface area contributed by atoms with Crippen LogP contribution in [0.1, 0.15) is 37.0 Å². The van der Waals surface area contributed by atoms with Crippen LogP contribution in [-0.2, 0) is 0 Å². The number of halogens is 2. The first-order valence-corrected chi connectivity index (χ1v) is 6.82. The second kappa shape index (κ2) is 6.05. The largest absolute Gasteiger partial charge is 0.297 e. The third-order valence-electron chi connectivity index (χ3n) is 3.64. The molecule has 1 rings (SSSR count). The van der Waals surface area contributed by atoms with Crippen molar-refractivity contribution < 1.29 is 4.79 Å². The molecule has 100 valence electrons. The lowest BCUT2D eigenvalue weighted by molar-refractivity contribution is 0.0656. The zero-order chi connectivity index (χ0) is 13.9. The molecule has 0 radical (unpaired) electrons. The van der Waals surface area contributed by atoms with E-state index in [1.54, 1.807) is 18.2 Å². The molecule has 0 aliphatic heterocycles. The fourth-order valence-corrected chi connectivity index (χ4v) is 2.72. The molecule has 0 N–H and O–H groups in total. The van der Waals surface area contributed by atoms with Gasteiger partial charge in [-0.1, -0.05) is 43.1 Å². The predicted octanol–water partition coefficient (Wildman–Crippen LogP) is 4.30. The number of nitrogens with zero attached hydrogens (tertiary/aromatic N) is 1. The summed E-state index contributed by atoms with van der Waals surface area (Å²) in [5.74, 6) is 0.0324. The van der Waals surface area contributed by atoms with E-state index in [4.69, 9.17) is 23.2 Å². The molecule has 18 heavy (non-hydrogen) atoms. The molecule has 0 heterocycles. The molecule has 0 aliphatic rings. The standard InChI is InChI=1S/C14H19Cl2NO/c1-5-14(6-2,17(3)4)13(18)10-8-7-9-11(15)12(10)16/h7-9H,5-6H2,1-4H3. The molecule has 4 heteroatoms. The molecule has 0 amide bonds. The molecule has 0 aromatic heterocycles. The number of hydrogen-bond donors (Lipinski definition) is 0. The summed E-state index contributed by atoms with van der Waals surface area (Å²) < 4.78 is 0. The first kappa shape index (κ1) is 15.5. The zero-order valence-electron chi connectivity index (χ0n) is 11.3. The van der Waals surface area contributed by atoms with Gasteiger partial charge in [-0.3, -0.25) is 9.69 Å². The van der Waals surface area contributed by atoms with Crippen LogP contribution in [-0.4, -0.2) is 30.3 Å². The van der Waals surface area contributed by atoms with E-state index in [9.17, 15) is 4.79 Å². The maximum absolute atomic E-state index is 12.8. The second-order valence-electron chi connectivity index (χ2n) is 4.56. The highest BCUT2D eigenvalue weighted by molar-refractivity contribution is 6.44. The van der Waals surface area contributed by atoms with Crippen molar-refractivity contribution >= 4 is 29.0 Å². The lowest BCUT2D eigenvalue weighted by Gasteiger charge is -2.37. The number of Topliss-reactive ketones (excluding diaryl/α,β-unsaturated/α-hetero) is 1. The molecule has 2 nitrogen and oxygen atoms in total. The topological polar surface area (TPSA) is 20.3 Å². The van der Waals surface area contributed by atoms with Gasteiger partial charge in [0.05, 0.1) is 15.6 Å². The Labute approximate surface area is 119 Å². The van der Waals surface area contributed by atoms with Crippen molar-refractivity contribution in [2.45, 2.75) is 32.2 Å². The smallest absolute Gasteiger partial charge is 0.184 e. The predicted molar refractivity (Wildman–Crippen MR) is 77.8 cm³/mol. The van der Waals surface area contributed by atoms with Crippen molar-refractivity contribution in [3.63, 3.8) is 0 Å². The number of rotatable bonds is 5. The summed E-state index contributed by atoms with van der Waals surface area (Å²) in [5, 5.41) is 0.764. The van der Waals surface area contributed by atoms with E-state index < -0.39 is 5.54 Å². The van der Waals surface area contributed by atoms with Gasteiger partial charge in [0.1, 0.15) is 0 Å². The van der Waals surface area contributed by atoms with Crippen LogP contribution < -0.4 is 0 Å². The molecular weight excluding hydrogens is 269 g/mol. The number of carbonyl (C=O) groups is 1. The van der Waals surface area contributed by atoms with Crippen molar-refractivity contribution in [3.8, 4) is 0 Å². The monoisotopic (exact) mass is 287 g/mol. The Hall–Kier alpha value is -0.570. The molecule has 0 atom stereocenters. The molecule has 0 saturated carbocycles. The number of likely N-dealkylation sites (N-methyl/N-ethyl adjacent to an activating group) is 1. The van der Waals surface area contributed by atoms with E-state index in [0.29, 0.717) is 15.6 Å². The quantitative estimate of drug-likeness (QED) is 0.753. The normalized spacial score (nSPS) is 11.9. The fourth-order valence-electron chi connectivity index (χ4n) is 2.34. The van der Waals surface area contributed by atoms with Gasteiger partial charge in [-0.15, -0.1) is 0 Å². The van der Waals surface area contributed by atoms with Crippen molar-refractivity contribution in [1.29, 1.82) is 0 Å². The SMILES string of the molecule is CCC(CC)(C(=O)c1cccc(Cl)c1Cl)N(C)C. The summed E-state index contributed by atoms with van der Waals surface area (Å²) in [5.41, 5.74) is -0.0181. The minimum Gasteiger partial charge on any atom is -0.297 e. The summed E-state index contributed by atoms with van der Waals surface area (Å²) in [4.78, 5) is 14.7. The van der Waals surface area contributed by atoms with E-state index in [-0.39, 0.29) is 5.78 Å². The molecule has 1 aromatic carbocycles. The summed E-state index contributed by atoms with van der Waals surface area (Å²) in [6, 6.07) is 5.18. The van der Waals surface area contributed by atoms with Crippen LogP contribution in [0.4, 0.5) is 0 Å². The zero-order valence-corrected chi connectivity index (χ0v) is 12.8. The van der Waals surface area contributed by atoms with E-state index in [0.717, 1.165) is 12.8 Å². The lowest BCUT2D eigenvalue weighted by atomic mass is 9.83. The minimum absolute atomic E-state index is 0.0324. The number of ketones is 1. The lowest BCUT2D eigenvalue weighted by Crippen LogP contribution is -2.50. The van der Waals surface area contributed by atoms with E-state index in [1.165, 1.54) is 0 Å². The molecule has 0 unspecified atom stereocenters. The maximum atomic E-state index is 12.8. The average molecular weight is 288 g/mol. The van der Waals surface area contributed by atoms with Crippen molar-refractivity contribution in [3.05, 3.63) is 33.8 Å². The van der Waals surface area contributed by atoms with Crippen molar-refractivity contribution in [2.24, 2.45) is 0 Å². The first-order valence-electron chi connectivity index (χ1n) is 6.07. The average Bonchev–Trinajstić information content (AvgIpc) is 2.34. The molecule has 0 spiro atoms. The van der Waals surface area contributed by atoms with Crippen molar-refractivity contribution in [2.75, 3.05) is 14.1 Å². The summed E-state index contributed by atoms with van der Waals surface area (Å²) in [6.45, 7) is 4.03. The summed E-state index contributed by atoms with van der Waals surface area (Å²) in [7, 11) is 3.84. The molecule has 1 aromatic rings. The summed E-state index contributed by atoms with van der Waals surface area (Å²) >= 11 is 12.1. The van der Waals surface area contributed by atoms with Crippen LogP contribution in [0, 0.1) is 0 Å². The van der Waals surface area contributed by atoms with Gasteiger partial charge in [0.25, 0.3) is 0 Å². The highest BCUT2D eigenvalue weighted by Gasteiger charge is 2.38. The molecular formula is C14H19Cl2NO. The highest BCUT2D eigenvalue weighted by Crippen LogP contribution is 2.32. The van der Waals surface area contributed by atoms with Gasteiger partial charge in [-0.25, -0.2) is 0 Å². The second-order valence-corrected chi connectivity index (χ2v) is 5.35. The van der Waals surface area contributed by atoms with Crippen LogP contribution in [0.15, 0.2) is 18.2 Å². The van der Waals surface area contributed by atoms with Crippen LogP contribution >= 0.6 is 23.2 Å². The molecule has 0 saturated heterocycles. The van der Waals surface area contributed by atoms with Gasteiger partial charge >= 0.3 is 0 Å². The van der Waals surface area contributed by atoms with Gasteiger partial charge < -0.3 is 0 Å². The molecule has 0 aliphatic carbocycles. The summed E-state index contributed by atoms with van der Waals surface area (Å²) in [6.07, 6.45) is 1.47. The molecule has 0 fully saturated rings. The minimum atomic E-state index is -0.520. The van der Waals surface area contributed by atoms with E-state index >= 15 is 0 Å². The number of hydrogen-bond acceptors (Lipinski definition) is 2. The number of benzene rings is 1. The Morgan fingerprint density at radius 3 is 2.22 bits per heavy atom. The maximum Gasteiger partial charge on any atom is 0.184 e. The van der Waals surface area contributed by atoms with E-state index in [2.05, 4.69) is 0 Å².